The molecule has 0 amide bonds. The number of hydrogen-bond acceptors (Lipinski definition) is 3. The fourth-order valence-corrected chi connectivity index (χ4v) is 1.89. The first-order chi connectivity index (χ1) is 9.04. The molecule has 0 saturated carbocycles. The van der Waals surface area contributed by atoms with E-state index in [1.165, 1.54) is 11.4 Å². The third-order valence-corrected chi connectivity index (χ3v) is 3.02. The molecule has 2 nitrogen and oxygen atoms in total. The number of benzene rings is 2. The molecule has 0 radical (unpaired) electrons. The number of halogens is 2. The van der Waals surface area contributed by atoms with Crippen molar-refractivity contribution in [2.45, 2.75) is 0 Å². The molecule has 0 aliphatic carbocycles. The van der Waals surface area contributed by atoms with Gasteiger partial charge in [0, 0.05) is 16.4 Å². The lowest BCUT2D eigenvalue weighted by atomic mass is 9.79. The second-order valence-electron chi connectivity index (χ2n) is 3.94. The van der Waals surface area contributed by atoms with E-state index in [9.17, 15) is 8.78 Å². The van der Waals surface area contributed by atoms with E-state index >= 15 is 0 Å². The molecule has 2 rings (SSSR count). The summed E-state index contributed by atoms with van der Waals surface area (Å²) in [6, 6.07) is 9.06. The van der Waals surface area contributed by atoms with Gasteiger partial charge in [-0.25, -0.2) is 8.78 Å². The van der Waals surface area contributed by atoms with E-state index in [-0.39, 0.29) is 5.56 Å². The van der Waals surface area contributed by atoms with Crippen LogP contribution in [0.4, 0.5) is 8.78 Å². The van der Waals surface area contributed by atoms with Gasteiger partial charge in [0.1, 0.15) is 0 Å². The highest BCUT2D eigenvalue weighted by atomic mass is 32.1. The molecule has 0 aliphatic rings. The number of thiocarbonyl (C=S) groups is 1. The lowest BCUT2D eigenvalue weighted by Gasteiger charge is -2.08. The van der Waals surface area contributed by atoms with Crippen molar-refractivity contribution in [2.24, 2.45) is 0 Å². The van der Waals surface area contributed by atoms with Gasteiger partial charge >= 0.3 is 7.12 Å². The Hall–Kier alpha value is -1.63. The predicted octanol–water partition coefficient (Wildman–Crippen LogP) is 1.66. The Morgan fingerprint density at radius 1 is 0.947 bits per heavy atom. The van der Waals surface area contributed by atoms with Gasteiger partial charge in [0.05, 0.1) is 0 Å². The second kappa shape index (κ2) is 5.56. The van der Waals surface area contributed by atoms with Crippen LogP contribution < -0.4 is 5.46 Å². The summed E-state index contributed by atoms with van der Waals surface area (Å²) in [7, 11) is -2.04. The van der Waals surface area contributed by atoms with E-state index < -0.39 is 24.2 Å². The molecule has 2 aromatic carbocycles. The van der Waals surface area contributed by atoms with Crippen LogP contribution in [-0.4, -0.2) is 22.5 Å². The third kappa shape index (κ3) is 2.70. The Labute approximate surface area is 114 Å². The first kappa shape index (κ1) is 13.8. The maximum atomic E-state index is 13.9. The Bertz CT molecular complexity index is 615. The zero-order chi connectivity index (χ0) is 14.0. The first-order valence-electron chi connectivity index (χ1n) is 5.44. The lowest BCUT2D eigenvalue weighted by molar-refractivity contribution is 0.420. The van der Waals surface area contributed by atoms with Crippen molar-refractivity contribution in [1.29, 1.82) is 0 Å². The van der Waals surface area contributed by atoms with Gasteiger partial charge in [0.25, 0.3) is 0 Å². The normalized spacial score (nSPS) is 10.3. The summed E-state index contributed by atoms with van der Waals surface area (Å²) >= 11 is 4.76. The van der Waals surface area contributed by atoms with Crippen LogP contribution in [-0.2, 0) is 0 Å². The molecule has 0 saturated heterocycles. The van der Waals surface area contributed by atoms with Crippen molar-refractivity contribution >= 4 is 30.2 Å². The number of rotatable bonds is 3. The van der Waals surface area contributed by atoms with Crippen LogP contribution in [0.2, 0.25) is 0 Å². The van der Waals surface area contributed by atoms with Gasteiger partial charge in [-0.15, -0.1) is 0 Å². The maximum Gasteiger partial charge on any atom is 0.491 e. The van der Waals surface area contributed by atoms with E-state index in [0.717, 1.165) is 11.6 Å². The first-order valence-corrected chi connectivity index (χ1v) is 5.91. The van der Waals surface area contributed by atoms with Crippen LogP contribution >= 0.6 is 12.2 Å². The summed E-state index contributed by atoms with van der Waals surface area (Å²) in [5.74, 6) is -2.37. The van der Waals surface area contributed by atoms with Gasteiger partial charge in [-0.1, -0.05) is 48.6 Å². The minimum absolute atomic E-state index is 0.0535. The Morgan fingerprint density at radius 3 is 2.11 bits per heavy atom. The molecule has 96 valence electrons. The van der Waals surface area contributed by atoms with Crippen LogP contribution in [0.15, 0.2) is 36.4 Å². The molecule has 0 aromatic heterocycles. The van der Waals surface area contributed by atoms with Gasteiger partial charge in [-0.05, 0) is 11.1 Å². The van der Waals surface area contributed by atoms with Crippen molar-refractivity contribution in [3.05, 3.63) is 53.6 Å². The standard InChI is InChI=1S/C13H9BF2O2S/c15-12-10(5-6-11(13(12)16)14(17)18)9-3-1-8(7-19)2-4-9/h1-7,17-18H. The minimum atomic E-state index is -2.04. The highest BCUT2D eigenvalue weighted by Crippen LogP contribution is 2.24. The molecule has 2 N–H and O–H groups in total. The molecule has 19 heavy (non-hydrogen) atoms. The van der Waals surface area contributed by atoms with Crippen LogP contribution in [0.1, 0.15) is 5.56 Å². The van der Waals surface area contributed by atoms with Crippen molar-refractivity contribution in [2.75, 3.05) is 0 Å². The van der Waals surface area contributed by atoms with E-state index in [4.69, 9.17) is 22.3 Å². The molecule has 0 heterocycles. The Kier molecular flexibility index (Phi) is 4.04. The minimum Gasteiger partial charge on any atom is -0.423 e. The molecule has 0 unspecified atom stereocenters. The van der Waals surface area contributed by atoms with Gasteiger partial charge in [-0.2, -0.15) is 0 Å². The van der Waals surface area contributed by atoms with E-state index in [2.05, 4.69) is 0 Å². The smallest absolute Gasteiger partial charge is 0.423 e. The van der Waals surface area contributed by atoms with Crippen molar-refractivity contribution in [1.82, 2.24) is 0 Å². The topological polar surface area (TPSA) is 40.5 Å². The van der Waals surface area contributed by atoms with E-state index in [0.29, 0.717) is 5.56 Å². The fourth-order valence-electron chi connectivity index (χ4n) is 1.73. The van der Waals surface area contributed by atoms with E-state index in [1.54, 1.807) is 24.3 Å². The van der Waals surface area contributed by atoms with Gasteiger partial charge in [0.15, 0.2) is 11.6 Å². The van der Waals surface area contributed by atoms with Gasteiger partial charge in [0.2, 0.25) is 0 Å². The summed E-state index contributed by atoms with van der Waals surface area (Å²) in [5, 5.41) is 19.3. The maximum absolute atomic E-state index is 13.9. The third-order valence-electron chi connectivity index (χ3n) is 2.75. The van der Waals surface area contributed by atoms with E-state index in [1.807, 2.05) is 0 Å². The van der Waals surface area contributed by atoms with Crippen LogP contribution in [0.5, 0.6) is 0 Å². The molecule has 0 spiro atoms. The summed E-state index contributed by atoms with van der Waals surface area (Å²) in [6.45, 7) is 0. The Morgan fingerprint density at radius 2 is 1.58 bits per heavy atom. The molecule has 0 aliphatic heterocycles. The monoisotopic (exact) mass is 278 g/mol. The molecule has 0 fully saturated rings. The molecular formula is C13H9BF2O2S. The molecule has 6 heteroatoms. The quantitative estimate of drug-likeness (QED) is 0.662. The summed E-state index contributed by atoms with van der Waals surface area (Å²) in [5.41, 5.74) is 0.840. The predicted molar refractivity (Wildman–Crippen MR) is 74.4 cm³/mol. The number of hydrogen-bond donors (Lipinski definition) is 2. The molecular weight excluding hydrogens is 269 g/mol. The van der Waals surface area contributed by atoms with Crippen molar-refractivity contribution in [3.8, 4) is 11.1 Å². The van der Waals surface area contributed by atoms with Crippen molar-refractivity contribution < 1.29 is 18.8 Å². The average molecular weight is 278 g/mol. The summed E-state index contributed by atoms with van der Waals surface area (Å²) in [6.07, 6.45) is 0. The van der Waals surface area contributed by atoms with Crippen LogP contribution in [0.3, 0.4) is 0 Å². The highest BCUT2D eigenvalue weighted by molar-refractivity contribution is 7.79. The molecule has 0 bridgehead atoms. The van der Waals surface area contributed by atoms with Crippen LogP contribution in [0, 0.1) is 11.6 Å². The largest absolute Gasteiger partial charge is 0.491 e. The highest BCUT2D eigenvalue weighted by Gasteiger charge is 2.21. The SMILES string of the molecule is OB(O)c1ccc(-c2ccc(C=S)cc2)c(F)c1F. The summed E-state index contributed by atoms with van der Waals surface area (Å²) < 4.78 is 27.5. The molecule has 0 atom stereocenters. The van der Waals surface area contributed by atoms with Gasteiger partial charge < -0.3 is 10.0 Å². The zero-order valence-electron chi connectivity index (χ0n) is 9.68. The zero-order valence-corrected chi connectivity index (χ0v) is 10.5. The fraction of sp³-hybridized carbons (Fsp3) is 0. The lowest BCUT2D eigenvalue weighted by Crippen LogP contribution is -2.33. The Balaban J connectivity index is 2.50. The van der Waals surface area contributed by atoms with Crippen molar-refractivity contribution in [3.63, 3.8) is 0 Å². The second-order valence-corrected chi connectivity index (χ2v) is 4.18. The van der Waals surface area contributed by atoms with Crippen LogP contribution in [0.25, 0.3) is 11.1 Å². The summed E-state index contributed by atoms with van der Waals surface area (Å²) in [4.78, 5) is 0. The van der Waals surface area contributed by atoms with Gasteiger partial charge in [-0.3, -0.25) is 0 Å². The average Bonchev–Trinajstić information content (AvgIpc) is 2.41. The molecule has 2 aromatic rings.